The van der Waals surface area contributed by atoms with Gasteiger partial charge in [0.15, 0.2) is 0 Å². The van der Waals surface area contributed by atoms with Gasteiger partial charge >= 0.3 is 0 Å². The molecule has 2 aromatic carbocycles. The van der Waals surface area contributed by atoms with Gasteiger partial charge in [-0.25, -0.2) is 0 Å². The molecule has 0 aliphatic heterocycles. The Balaban J connectivity index is 1.57. The smallest absolute Gasteiger partial charge is 0.247 e. The lowest BCUT2D eigenvalue weighted by molar-refractivity contribution is 0.477. The first kappa shape index (κ1) is 13.8. The summed E-state index contributed by atoms with van der Waals surface area (Å²) in [6, 6.07) is 17.4. The van der Waals surface area contributed by atoms with Gasteiger partial charge in [0.1, 0.15) is 0 Å². The number of hydrogen-bond acceptors (Lipinski definition) is 4. The maximum absolute atomic E-state index is 5.85. The molecule has 0 atom stereocenters. The number of aromatic nitrogens is 2. The van der Waals surface area contributed by atoms with E-state index in [1.54, 1.807) is 0 Å². The highest BCUT2D eigenvalue weighted by Crippen LogP contribution is 2.16. The first-order valence-electron chi connectivity index (χ1n) is 6.64. The van der Waals surface area contributed by atoms with Gasteiger partial charge in [-0.2, -0.15) is 0 Å². The molecule has 4 nitrogen and oxygen atoms in total. The van der Waals surface area contributed by atoms with Crippen molar-refractivity contribution < 1.29 is 4.42 Å². The zero-order valence-electron chi connectivity index (χ0n) is 11.3. The normalized spacial score (nSPS) is 10.7. The average molecular weight is 300 g/mol. The zero-order valence-corrected chi connectivity index (χ0v) is 12.0. The number of rotatable bonds is 5. The van der Waals surface area contributed by atoms with Crippen LogP contribution < -0.4 is 5.32 Å². The summed E-state index contributed by atoms with van der Waals surface area (Å²) in [6.45, 7) is 1.25. The van der Waals surface area contributed by atoms with Crippen molar-refractivity contribution in [3.8, 4) is 11.5 Å². The predicted molar refractivity (Wildman–Crippen MR) is 81.7 cm³/mol. The topological polar surface area (TPSA) is 51.0 Å². The van der Waals surface area contributed by atoms with Gasteiger partial charge in [0, 0.05) is 17.1 Å². The lowest BCUT2D eigenvalue weighted by Crippen LogP contribution is -2.12. The summed E-state index contributed by atoms with van der Waals surface area (Å²) in [4.78, 5) is 0. The quantitative estimate of drug-likeness (QED) is 0.781. The van der Waals surface area contributed by atoms with Crippen molar-refractivity contribution in [2.75, 3.05) is 0 Å². The number of benzene rings is 2. The van der Waals surface area contributed by atoms with Gasteiger partial charge in [-0.3, -0.25) is 0 Å². The molecule has 0 amide bonds. The third-order valence-electron chi connectivity index (χ3n) is 3.01. The van der Waals surface area contributed by atoms with E-state index in [9.17, 15) is 0 Å². The fourth-order valence-corrected chi connectivity index (χ4v) is 2.06. The van der Waals surface area contributed by atoms with Crippen LogP contribution in [0.3, 0.4) is 0 Å². The molecule has 0 fully saturated rings. The van der Waals surface area contributed by atoms with Crippen molar-refractivity contribution in [3.05, 3.63) is 71.1 Å². The van der Waals surface area contributed by atoms with Crippen LogP contribution in [0.4, 0.5) is 0 Å². The summed E-state index contributed by atoms with van der Waals surface area (Å²) >= 11 is 5.85. The van der Waals surface area contributed by atoms with Crippen LogP contribution in [0.25, 0.3) is 11.5 Å². The second-order valence-electron chi connectivity index (χ2n) is 4.60. The predicted octanol–water partition coefficient (Wildman–Crippen LogP) is 3.68. The molecular formula is C16H14ClN3O. The fourth-order valence-electron chi connectivity index (χ4n) is 1.94. The SMILES string of the molecule is Clc1ccc(CNCc2nnc(-c3ccccc3)o2)cc1. The molecule has 1 heterocycles. The van der Waals surface area contributed by atoms with Crippen LogP contribution in [-0.4, -0.2) is 10.2 Å². The van der Waals surface area contributed by atoms with Crippen LogP contribution in [0.1, 0.15) is 11.5 Å². The number of hydrogen-bond donors (Lipinski definition) is 1. The van der Waals surface area contributed by atoms with E-state index in [-0.39, 0.29) is 0 Å². The highest BCUT2D eigenvalue weighted by atomic mass is 35.5. The van der Waals surface area contributed by atoms with Crippen molar-refractivity contribution in [3.63, 3.8) is 0 Å². The summed E-state index contributed by atoms with van der Waals surface area (Å²) in [7, 11) is 0. The Morgan fingerprint density at radius 3 is 2.43 bits per heavy atom. The molecule has 0 saturated carbocycles. The van der Waals surface area contributed by atoms with E-state index in [0.717, 1.165) is 22.7 Å². The Bertz CT molecular complexity index is 695. The summed E-state index contributed by atoms with van der Waals surface area (Å²) in [5.41, 5.74) is 2.08. The second-order valence-corrected chi connectivity index (χ2v) is 5.03. The van der Waals surface area contributed by atoms with Crippen molar-refractivity contribution >= 4 is 11.6 Å². The molecule has 21 heavy (non-hydrogen) atoms. The van der Waals surface area contributed by atoms with Crippen LogP contribution in [0.2, 0.25) is 5.02 Å². The molecule has 3 aromatic rings. The van der Waals surface area contributed by atoms with Gasteiger partial charge in [0.2, 0.25) is 11.8 Å². The van der Waals surface area contributed by atoms with Gasteiger partial charge in [-0.05, 0) is 29.8 Å². The van der Waals surface area contributed by atoms with Crippen LogP contribution in [0, 0.1) is 0 Å². The van der Waals surface area contributed by atoms with Gasteiger partial charge < -0.3 is 9.73 Å². The minimum absolute atomic E-state index is 0.530. The maximum Gasteiger partial charge on any atom is 0.247 e. The van der Waals surface area contributed by atoms with E-state index in [2.05, 4.69) is 15.5 Å². The van der Waals surface area contributed by atoms with Crippen molar-refractivity contribution in [2.24, 2.45) is 0 Å². The lowest BCUT2D eigenvalue weighted by Gasteiger charge is -2.02. The van der Waals surface area contributed by atoms with E-state index in [1.165, 1.54) is 0 Å². The maximum atomic E-state index is 5.85. The minimum atomic E-state index is 0.530. The molecular weight excluding hydrogens is 286 g/mol. The van der Waals surface area contributed by atoms with E-state index in [4.69, 9.17) is 16.0 Å². The van der Waals surface area contributed by atoms with E-state index >= 15 is 0 Å². The van der Waals surface area contributed by atoms with Gasteiger partial charge in [0.05, 0.1) is 6.54 Å². The van der Waals surface area contributed by atoms with E-state index in [1.807, 2.05) is 54.6 Å². The Kier molecular flexibility index (Phi) is 4.28. The lowest BCUT2D eigenvalue weighted by atomic mass is 10.2. The van der Waals surface area contributed by atoms with Gasteiger partial charge in [-0.15, -0.1) is 10.2 Å². The molecule has 106 valence electrons. The highest BCUT2D eigenvalue weighted by molar-refractivity contribution is 6.30. The van der Waals surface area contributed by atoms with Crippen molar-refractivity contribution in [1.82, 2.24) is 15.5 Å². The Labute approximate surface area is 127 Å². The molecule has 1 N–H and O–H groups in total. The van der Waals surface area contributed by atoms with Crippen molar-refractivity contribution in [2.45, 2.75) is 13.1 Å². The molecule has 0 aliphatic rings. The third-order valence-corrected chi connectivity index (χ3v) is 3.26. The van der Waals surface area contributed by atoms with Crippen molar-refractivity contribution in [1.29, 1.82) is 0 Å². The highest BCUT2D eigenvalue weighted by Gasteiger charge is 2.07. The average Bonchev–Trinajstić information content (AvgIpc) is 2.99. The fraction of sp³-hybridized carbons (Fsp3) is 0.125. The van der Waals surface area contributed by atoms with Crippen LogP contribution >= 0.6 is 11.6 Å². The van der Waals surface area contributed by atoms with Crippen LogP contribution in [0.5, 0.6) is 0 Å². The van der Waals surface area contributed by atoms with Gasteiger partial charge in [-0.1, -0.05) is 41.9 Å². The third kappa shape index (κ3) is 3.68. The summed E-state index contributed by atoms with van der Waals surface area (Å²) in [5.74, 6) is 1.11. The first-order chi connectivity index (χ1) is 10.3. The largest absolute Gasteiger partial charge is 0.419 e. The summed E-state index contributed by atoms with van der Waals surface area (Å²) in [6.07, 6.45) is 0. The van der Waals surface area contributed by atoms with E-state index in [0.29, 0.717) is 18.3 Å². The number of halogens is 1. The Morgan fingerprint density at radius 1 is 0.905 bits per heavy atom. The van der Waals surface area contributed by atoms with E-state index < -0.39 is 0 Å². The number of nitrogens with zero attached hydrogens (tertiary/aromatic N) is 2. The van der Waals surface area contributed by atoms with Crippen LogP contribution in [-0.2, 0) is 13.1 Å². The second kappa shape index (κ2) is 6.52. The number of nitrogens with one attached hydrogen (secondary N) is 1. The molecule has 0 aliphatic carbocycles. The molecule has 0 bridgehead atoms. The standard InChI is InChI=1S/C16H14ClN3O/c17-14-8-6-12(7-9-14)10-18-11-15-19-20-16(21-15)13-4-2-1-3-5-13/h1-9,18H,10-11H2. The molecule has 5 heteroatoms. The summed E-state index contributed by atoms with van der Waals surface area (Å²) in [5, 5.41) is 12.1. The summed E-state index contributed by atoms with van der Waals surface area (Å²) < 4.78 is 5.62. The molecule has 0 spiro atoms. The molecule has 3 rings (SSSR count). The first-order valence-corrected chi connectivity index (χ1v) is 7.02. The van der Waals surface area contributed by atoms with Crippen LogP contribution in [0.15, 0.2) is 59.0 Å². The monoisotopic (exact) mass is 299 g/mol. The molecule has 0 saturated heterocycles. The minimum Gasteiger partial charge on any atom is -0.419 e. The Hall–Kier alpha value is -2.17. The molecule has 1 aromatic heterocycles. The zero-order chi connectivity index (χ0) is 14.5. The molecule has 0 radical (unpaired) electrons. The Morgan fingerprint density at radius 2 is 1.67 bits per heavy atom. The van der Waals surface area contributed by atoms with Gasteiger partial charge in [0.25, 0.3) is 0 Å². The molecule has 0 unspecified atom stereocenters.